The normalized spacial score (nSPS) is 16.4. The Morgan fingerprint density at radius 3 is 2.16 bits per heavy atom. The number of phenols is 2. The molecule has 3 atom stereocenters. The number of methoxy groups -OCH3 is 2. The van der Waals surface area contributed by atoms with Gasteiger partial charge in [0.1, 0.15) is 6.79 Å². The molecule has 0 amide bonds. The van der Waals surface area contributed by atoms with E-state index in [0.29, 0.717) is 25.0 Å². The Morgan fingerprint density at radius 1 is 0.919 bits per heavy atom. The summed E-state index contributed by atoms with van der Waals surface area (Å²) in [7, 11) is 2.87. The number of hydrogen-bond donors (Lipinski definition) is 5. The van der Waals surface area contributed by atoms with Gasteiger partial charge in [-0.1, -0.05) is 6.07 Å². The monoisotopic (exact) mass is 520 g/mol. The third-order valence-corrected chi connectivity index (χ3v) is 7.01. The molecule has 206 valence electrons. The molecule has 0 spiro atoms. The van der Waals surface area contributed by atoms with Gasteiger partial charge < -0.3 is 44.5 Å². The molecule has 2 aromatic rings. The number of aryl methyl sites for hydroxylation is 1. The zero-order chi connectivity index (χ0) is 26.8. The Balaban J connectivity index is 1.62. The van der Waals surface area contributed by atoms with Gasteiger partial charge in [-0.15, -0.1) is 0 Å². The predicted molar refractivity (Wildman–Crippen MR) is 137 cm³/mol. The summed E-state index contributed by atoms with van der Waals surface area (Å²) < 4.78 is 21.9. The van der Waals surface area contributed by atoms with E-state index in [4.69, 9.17) is 18.9 Å². The van der Waals surface area contributed by atoms with Crippen LogP contribution in [0.2, 0.25) is 0 Å². The third-order valence-electron chi connectivity index (χ3n) is 7.01. The molecule has 1 aliphatic rings. The van der Waals surface area contributed by atoms with Crippen molar-refractivity contribution in [1.29, 1.82) is 0 Å². The summed E-state index contributed by atoms with van der Waals surface area (Å²) in [5.74, 6) is 0.451. The van der Waals surface area contributed by atoms with Crippen LogP contribution in [0.1, 0.15) is 49.7 Å². The molecule has 0 radical (unpaired) electrons. The first-order valence-corrected chi connectivity index (χ1v) is 12.8. The fourth-order valence-electron chi connectivity index (χ4n) is 4.85. The number of ether oxygens (including phenoxy) is 4. The maximum Gasteiger partial charge on any atom is 0.200 e. The van der Waals surface area contributed by atoms with Crippen LogP contribution >= 0.6 is 0 Å². The lowest BCUT2D eigenvalue weighted by Gasteiger charge is -2.26. The molecule has 0 aromatic heterocycles. The van der Waals surface area contributed by atoms with Crippen LogP contribution in [0.15, 0.2) is 30.3 Å². The van der Waals surface area contributed by atoms with Gasteiger partial charge >= 0.3 is 0 Å². The highest BCUT2D eigenvalue weighted by Gasteiger charge is 2.25. The second-order valence-electron chi connectivity index (χ2n) is 9.58. The highest BCUT2D eigenvalue weighted by molar-refractivity contribution is 5.52. The molecular formula is C28H40O9. The quantitative estimate of drug-likeness (QED) is 0.224. The number of aromatic hydroxyl groups is 2. The first-order chi connectivity index (χ1) is 17.9. The zero-order valence-electron chi connectivity index (χ0n) is 21.6. The Hall–Kier alpha value is -2.72. The largest absolute Gasteiger partial charge is 0.504 e. The Bertz CT molecular complexity index is 949. The van der Waals surface area contributed by atoms with Gasteiger partial charge in [0.15, 0.2) is 23.0 Å². The van der Waals surface area contributed by atoms with E-state index < -0.39 is 24.9 Å². The van der Waals surface area contributed by atoms with E-state index in [-0.39, 0.29) is 42.1 Å². The smallest absolute Gasteiger partial charge is 0.200 e. The molecule has 1 fully saturated rings. The molecule has 0 bridgehead atoms. The SMILES string of the molecule is COc1cc(CC(CO)C(O)CC(CCc2ccc(O)c(OC3CCCC3)c2)OCO)cc(OC)c1O. The van der Waals surface area contributed by atoms with Crippen molar-refractivity contribution in [3.8, 4) is 28.7 Å². The first-order valence-electron chi connectivity index (χ1n) is 12.8. The van der Waals surface area contributed by atoms with Gasteiger partial charge in [0.2, 0.25) is 5.75 Å². The maximum absolute atomic E-state index is 10.9. The standard InChI is InChI=1S/C28H40O9/c1-34-26-13-19(14-27(35-2)28(26)33)11-20(16-29)24(32)15-22(36-17-30)9-7-18-8-10-23(31)25(12-18)37-21-5-3-4-6-21/h8,10,12-14,20-22,24,29-33H,3-7,9,11,15-17H2,1-2H3. The molecule has 1 aliphatic carbocycles. The van der Waals surface area contributed by atoms with E-state index in [1.807, 2.05) is 12.1 Å². The molecule has 0 heterocycles. The van der Waals surface area contributed by atoms with Crippen LogP contribution in [0.25, 0.3) is 0 Å². The molecule has 5 N–H and O–H groups in total. The van der Waals surface area contributed by atoms with E-state index in [9.17, 15) is 25.5 Å². The Kier molecular flexibility index (Phi) is 11.1. The van der Waals surface area contributed by atoms with Gasteiger partial charge in [0.05, 0.1) is 32.5 Å². The molecule has 3 rings (SSSR count). The summed E-state index contributed by atoms with van der Waals surface area (Å²) in [5.41, 5.74) is 1.68. The van der Waals surface area contributed by atoms with E-state index in [0.717, 1.165) is 36.8 Å². The van der Waals surface area contributed by atoms with Crippen LogP contribution in [0, 0.1) is 5.92 Å². The lowest BCUT2D eigenvalue weighted by Crippen LogP contribution is -2.31. The molecule has 3 unspecified atom stereocenters. The van der Waals surface area contributed by atoms with Crippen LogP contribution in [0.4, 0.5) is 0 Å². The van der Waals surface area contributed by atoms with Crippen LogP contribution in [-0.2, 0) is 17.6 Å². The highest BCUT2D eigenvalue weighted by Crippen LogP contribution is 2.38. The Morgan fingerprint density at radius 2 is 1.57 bits per heavy atom. The van der Waals surface area contributed by atoms with E-state index in [2.05, 4.69) is 0 Å². The topological polar surface area (TPSA) is 138 Å². The van der Waals surface area contributed by atoms with Crippen molar-refractivity contribution in [2.24, 2.45) is 5.92 Å². The highest BCUT2D eigenvalue weighted by atomic mass is 16.6. The first kappa shape index (κ1) is 28.8. The number of phenolic OH excluding ortho intramolecular Hbond substituents is 2. The minimum absolute atomic E-state index is 0.113. The van der Waals surface area contributed by atoms with Gasteiger partial charge in [-0.25, -0.2) is 0 Å². The van der Waals surface area contributed by atoms with Crippen LogP contribution in [0.3, 0.4) is 0 Å². The van der Waals surface area contributed by atoms with Crippen molar-refractivity contribution < 1.29 is 44.5 Å². The second kappa shape index (κ2) is 14.3. The maximum atomic E-state index is 10.9. The minimum atomic E-state index is -0.909. The third kappa shape index (κ3) is 8.13. The van der Waals surface area contributed by atoms with Gasteiger partial charge in [-0.3, -0.25) is 0 Å². The van der Waals surface area contributed by atoms with Gasteiger partial charge in [-0.2, -0.15) is 0 Å². The fraction of sp³-hybridized carbons (Fsp3) is 0.571. The van der Waals surface area contributed by atoms with Gasteiger partial charge in [0.25, 0.3) is 0 Å². The van der Waals surface area contributed by atoms with E-state index >= 15 is 0 Å². The molecule has 0 aliphatic heterocycles. The Labute approximate surface area is 218 Å². The van der Waals surface area contributed by atoms with E-state index in [1.54, 1.807) is 18.2 Å². The molecule has 2 aromatic carbocycles. The van der Waals surface area contributed by atoms with Gasteiger partial charge in [0, 0.05) is 12.5 Å². The predicted octanol–water partition coefficient (Wildman–Crippen LogP) is 3.31. The zero-order valence-corrected chi connectivity index (χ0v) is 21.6. The van der Waals surface area contributed by atoms with Crippen LogP contribution in [-0.4, -0.2) is 71.5 Å². The molecule has 1 saturated carbocycles. The second-order valence-corrected chi connectivity index (χ2v) is 9.58. The lowest BCUT2D eigenvalue weighted by molar-refractivity contribution is -0.0765. The van der Waals surface area contributed by atoms with Crippen molar-refractivity contribution in [3.63, 3.8) is 0 Å². The molecule has 37 heavy (non-hydrogen) atoms. The average molecular weight is 521 g/mol. The molecule has 9 nitrogen and oxygen atoms in total. The van der Waals surface area contributed by atoms with Crippen molar-refractivity contribution in [1.82, 2.24) is 0 Å². The van der Waals surface area contributed by atoms with Crippen molar-refractivity contribution >= 4 is 0 Å². The fourth-order valence-corrected chi connectivity index (χ4v) is 4.85. The number of aliphatic hydroxyl groups is 3. The molecule has 9 heteroatoms. The van der Waals surface area contributed by atoms with Crippen molar-refractivity contribution in [2.45, 2.75) is 69.7 Å². The lowest BCUT2D eigenvalue weighted by atomic mass is 9.90. The van der Waals surface area contributed by atoms with Crippen LogP contribution in [0.5, 0.6) is 28.7 Å². The summed E-state index contributed by atoms with van der Waals surface area (Å²) >= 11 is 0. The summed E-state index contributed by atoms with van der Waals surface area (Å²) in [4.78, 5) is 0. The molecular weight excluding hydrogens is 480 g/mol. The number of hydrogen-bond acceptors (Lipinski definition) is 9. The number of aliphatic hydroxyl groups excluding tert-OH is 3. The summed E-state index contributed by atoms with van der Waals surface area (Å²) in [6.07, 6.45) is 4.65. The number of rotatable bonds is 15. The van der Waals surface area contributed by atoms with E-state index in [1.165, 1.54) is 14.2 Å². The average Bonchev–Trinajstić information content (AvgIpc) is 3.41. The van der Waals surface area contributed by atoms with Crippen molar-refractivity contribution in [3.05, 3.63) is 41.5 Å². The summed E-state index contributed by atoms with van der Waals surface area (Å²) in [6, 6.07) is 8.57. The molecule has 0 saturated heterocycles. The van der Waals surface area contributed by atoms with Gasteiger partial charge in [-0.05, 0) is 86.8 Å². The minimum Gasteiger partial charge on any atom is -0.504 e. The summed E-state index contributed by atoms with van der Waals surface area (Å²) in [5, 5.41) is 50.7. The van der Waals surface area contributed by atoms with Crippen LogP contribution < -0.4 is 14.2 Å². The van der Waals surface area contributed by atoms with Crippen molar-refractivity contribution in [2.75, 3.05) is 27.6 Å². The number of benzene rings is 2. The summed E-state index contributed by atoms with van der Waals surface area (Å²) in [6.45, 7) is -0.752.